The maximum absolute atomic E-state index is 12.2. The maximum Gasteiger partial charge on any atom is 0.244 e. The summed E-state index contributed by atoms with van der Waals surface area (Å²) in [5.41, 5.74) is 7.20. The molecule has 1 aromatic rings. The number of benzene rings is 1. The molecule has 3 atom stereocenters. The molecule has 2 amide bonds. The van der Waals surface area contributed by atoms with E-state index in [2.05, 4.69) is 22.3 Å². The van der Waals surface area contributed by atoms with Gasteiger partial charge in [0.05, 0.1) is 6.54 Å². The monoisotopic (exact) mass is 368 g/mol. The lowest BCUT2D eigenvalue weighted by molar-refractivity contribution is -0.134. The van der Waals surface area contributed by atoms with E-state index in [4.69, 9.17) is 5.73 Å². The van der Waals surface area contributed by atoms with Crippen molar-refractivity contribution in [2.75, 3.05) is 40.3 Å². The quantitative estimate of drug-likeness (QED) is 0.773. The van der Waals surface area contributed by atoms with Crippen molar-refractivity contribution in [1.29, 1.82) is 0 Å². The summed E-state index contributed by atoms with van der Waals surface area (Å²) in [5, 5.41) is 2.77. The number of hydrogen-bond acceptors (Lipinski definition) is 4. The zero-order chi connectivity index (χ0) is 17.7. The predicted octanol–water partition coefficient (Wildman–Crippen LogP) is 0.675. The number of carbonyl (C=O) groups is 2. The van der Waals surface area contributed by atoms with Crippen LogP contribution in [0, 0.1) is 5.92 Å². The van der Waals surface area contributed by atoms with Gasteiger partial charge in [-0.15, -0.1) is 12.4 Å². The van der Waals surface area contributed by atoms with Crippen LogP contribution in [0.1, 0.15) is 18.4 Å². The minimum atomic E-state index is -0.509. The number of nitrogens with two attached hydrogens (primary N) is 1. The first-order valence-corrected chi connectivity index (χ1v) is 8.40. The van der Waals surface area contributed by atoms with E-state index in [0.29, 0.717) is 24.9 Å². The van der Waals surface area contributed by atoms with Gasteiger partial charge < -0.3 is 16.0 Å². The van der Waals surface area contributed by atoms with Crippen molar-refractivity contribution in [3.63, 3.8) is 0 Å². The standard InChI is InChI=1S/C18H28N4O2.ClH/c1-13(18(24)21(2)3)20-17(23)12-22-10-15(9-19)16(11-22)14-7-5-4-6-8-14;/h4-8,13,15-16H,9-12,19H2,1-3H3,(H,20,23);1H/t13?,15-,16+;/m1./s1. The Kier molecular flexibility index (Phi) is 8.35. The second-order valence-corrected chi connectivity index (χ2v) is 6.73. The highest BCUT2D eigenvalue weighted by Crippen LogP contribution is 2.31. The van der Waals surface area contributed by atoms with E-state index >= 15 is 0 Å². The van der Waals surface area contributed by atoms with Crippen LogP contribution in [-0.4, -0.2) is 67.9 Å². The number of nitrogens with zero attached hydrogens (tertiary/aromatic N) is 2. The zero-order valence-electron chi connectivity index (χ0n) is 15.1. The average Bonchev–Trinajstić information content (AvgIpc) is 2.97. The highest BCUT2D eigenvalue weighted by atomic mass is 35.5. The fraction of sp³-hybridized carbons (Fsp3) is 0.556. The van der Waals surface area contributed by atoms with Gasteiger partial charge in [0.15, 0.2) is 0 Å². The van der Waals surface area contributed by atoms with E-state index in [1.54, 1.807) is 21.0 Å². The topological polar surface area (TPSA) is 78.7 Å². The number of rotatable bonds is 6. The van der Waals surface area contributed by atoms with Crippen LogP contribution in [0.5, 0.6) is 0 Å². The minimum Gasteiger partial charge on any atom is -0.347 e. The molecule has 1 saturated heterocycles. The molecular weight excluding hydrogens is 340 g/mol. The molecule has 25 heavy (non-hydrogen) atoms. The van der Waals surface area contributed by atoms with Crippen molar-refractivity contribution < 1.29 is 9.59 Å². The van der Waals surface area contributed by atoms with Crippen molar-refractivity contribution in [2.45, 2.75) is 18.9 Å². The second-order valence-electron chi connectivity index (χ2n) is 6.73. The van der Waals surface area contributed by atoms with Gasteiger partial charge in [0.25, 0.3) is 0 Å². The molecule has 2 rings (SSSR count). The molecule has 7 heteroatoms. The lowest BCUT2D eigenvalue weighted by Crippen LogP contribution is -2.47. The van der Waals surface area contributed by atoms with E-state index in [1.165, 1.54) is 10.5 Å². The fourth-order valence-electron chi connectivity index (χ4n) is 3.35. The molecule has 0 bridgehead atoms. The largest absolute Gasteiger partial charge is 0.347 e. The Labute approximate surface area is 156 Å². The SMILES string of the molecule is CC(NC(=O)CN1C[C@@H](CN)[C@H](c2ccccc2)C1)C(=O)N(C)C.Cl. The smallest absolute Gasteiger partial charge is 0.244 e. The van der Waals surface area contributed by atoms with Crippen LogP contribution < -0.4 is 11.1 Å². The highest BCUT2D eigenvalue weighted by Gasteiger charge is 2.33. The average molecular weight is 369 g/mol. The first-order valence-electron chi connectivity index (χ1n) is 8.40. The van der Waals surface area contributed by atoms with Gasteiger partial charge in [-0.3, -0.25) is 14.5 Å². The Balaban J connectivity index is 0.00000312. The van der Waals surface area contributed by atoms with Crippen molar-refractivity contribution >= 4 is 24.2 Å². The van der Waals surface area contributed by atoms with E-state index in [9.17, 15) is 9.59 Å². The van der Waals surface area contributed by atoms with Crippen LogP contribution in [0.25, 0.3) is 0 Å². The number of hydrogen-bond donors (Lipinski definition) is 2. The van der Waals surface area contributed by atoms with Crippen LogP contribution in [0.3, 0.4) is 0 Å². The molecule has 0 aliphatic carbocycles. The Bertz CT molecular complexity index is 567. The molecule has 1 unspecified atom stereocenters. The molecule has 3 N–H and O–H groups in total. The Morgan fingerprint density at radius 1 is 1.28 bits per heavy atom. The van der Waals surface area contributed by atoms with Crippen LogP contribution in [0.4, 0.5) is 0 Å². The van der Waals surface area contributed by atoms with Crippen LogP contribution in [-0.2, 0) is 9.59 Å². The van der Waals surface area contributed by atoms with Crippen molar-refractivity contribution in [1.82, 2.24) is 15.1 Å². The summed E-state index contributed by atoms with van der Waals surface area (Å²) in [6, 6.07) is 9.80. The molecule has 1 aliphatic rings. The lowest BCUT2D eigenvalue weighted by Gasteiger charge is -2.20. The van der Waals surface area contributed by atoms with Gasteiger partial charge >= 0.3 is 0 Å². The number of likely N-dealkylation sites (tertiary alicyclic amines) is 1. The summed E-state index contributed by atoms with van der Waals surface area (Å²) < 4.78 is 0. The minimum absolute atomic E-state index is 0. The predicted molar refractivity (Wildman–Crippen MR) is 102 cm³/mol. The van der Waals surface area contributed by atoms with Gasteiger partial charge in [-0.05, 0) is 24.9 Å². The number of halogens is 1. The van der Waals surface area contributed by atoms with Crippen molar-refractivity contribution in [2.24, 2.45) is 11.7 Å². The fourth-order valence-corrected chi connectivity index (χ4v) is 3.35. The van der Waals surface area contributed by atoms with Crippen LogP contribution >= 0.6 is 12.4 Å². The highest BCUT2D eigenvalue weighted by molar-refractivity contribution is 5.87. The Morgan fingerprint density at radius 3 is 2.48 bits per heavy atom. The number of nitrogens with one attached hydrogen (secondary N) is 1. The third-order valence-corrected chi connectivity index (χ3v) is 4.60. The molecule has 1 aliphatic heterocycles. The normalized spacial score (nSPS) is 21.3. The summed E-state index contributed by atoms with van der Waals surface area (Å²) in [4.78, 5) is 27.7. The summed E-state index contributed by atoms with van der Waals surface area (Å²) in [7, 11) is 3.36. The Morgan fingerprint density at radius 2 is 1.92 bits per heavy atom. The third-order valence-electron chi connectivity index (χ3n) is 4.60. The number of carbonyl (C=O) groups excluding carboxylic acids is 2. The van der Waals surface area contributed by atoms with Gasteiger partial charge in [-0.2, -0.15) is 0 Å². The number of amides is 2. The van der Waals surface area contributed by atoms with Crippen LogP contribution in [0.2, 0.25) is 0 Å². The third kappa shape index (κ3) is 5.70. The summed E-state index contributed by atoms with van der Waals surface area (Å²) >= 11 is 0. The summed E-state index contributed by atoms with van der Waals surface area (Å²) in [5.74, 6) is 0.472. The molecule has 1 aromatic carbocycles. The number of likely N-dealkylation sites (N-methyl/N-ethyl adjacent to an activating group) is 1. The zero-order valence-corrected chi connectivity index (χ0v) is 16.0. The molecule has 0 spiro atoms. The lowest BCUT2D eigenvalue weighted by atomic mass is 9.89. The summed E-state index contributed by atoms with van der Waals surface area (Å²) in [6.45, 7) is 4.23. The molecule has 6 nitrogen and oxygen atoms in total. The van der Waals surface area contributed by atoms with E-state index in [-0.39, 0.29) is 24.2 Å². The molecule has 1 heterocycles. The Hall–Kier alpha value is -1.63. The van der Waals surface area contributed by atoms with Gasteiger partial charge in [0, 0.05) is 33.1 Å². The van der Waals surface area contributed by atoms with Gasteiger partial charge in [0.2, 0.25) is 11.8 Å². The van der Waals surface area contributed by atoms with Crippen molar-refractivity contribution in [3.05, 3.63) is 35.9 Å². The van der Waals surface area contributed by atoms with Gasteiger partial charge in [-0.1, -0.05) is 30.3 Å². The van der Waals surface area contributed by atoms with Gasteiger partial charge in [-0.25, -0.2) is 0 Å². The van der Waals surface area contributed by atoms with Gasteiger partial charge in [0.1, 0.15) is 6.04 Å². The summed E-state index contributed by atoms with van der Waals surface area (Å²) in [6.07, 6.45) is 0. The van der Waals surface area contributed by atoms with E-state index < -0.39 is 6.04 Å². The molecule has 0 aromatic heterocycles. The maximum atomic E-state index is 12.2. The van der Waals surface area contributed by atoms with Crippen LogP contribution in [0.15, 0.2) is 30.3 Å². The first kappa shape index (κ1) is 21.4. The molecular formula is C18H29ClN4O2. The van der Waals surface area contributed by atoms with E-state index in [0.717, 1.165) is 13.1 Å². The first-order chi connectivity index (χ1) is 11.4. The molecule has 1 fully saturated rings. The molecule has 0 radical (unpaired) electrons. The second kappa shape index (κ2) is 9.75. The van der Waals surface area contributed by atoms with Crippen molar-refractivity contribution in [3.8, 4) is 0 Å². The molecule has 140 valence electrons. The van der Waals surface area contributed by atoms with E-state index in [1.807, 2.05) is 18.2 Å². The molecule has 0 saturated carbocycles.